The molecule has 2 aromatic rings. The zero-order chi connectivity index (χ0) is 18.6. The normalized spacial score (nSPS) is 11.7. The van der Waals surface area contributed by atoms with Gasteiger partial charge in [-0.15, -0.1) is 0 Å². The molecule has 0 aliphatic rings. The van der Waals surface area contributed by atoms with Crippen molar-refractivity contribution in [3.8, 4) is 0 Å². The predicted octanol–water partition coefficient (Wildman–Crippen LogP) is 2.73. The average molecular weight is 342 g/mol. The number of H-pyrrole nitrogens is 1. The molecule has 1 amide bonds. The molecule has 1 heterocycles. The number of ketones is 1. The third-order valence-electron chi connectivity index (χ3n) is 4.07. The molecule has 2 rings (SSSR count). The molecule has 0 saturated heterocycles. The summed E-state index contributed by atoms with van der Waals surface area (Å²) in [7, 11) is 1.27. The standard InChI is InChI=1S/C19H22N2O4/c1-5-14-15(12(3)22)11(2)20-17(14)18(23)21-16(19(24)25-4)13-9-7-6-8-10-13/h6-10,16,20H,5H2,1-4H3,(H,21,23)/t16-/m0/s1. The summed E-state index contributed by atoms with van der Waals surface area (Å²) >= 11 is 0. The fourth-order valence-corrected chi connectivity index (χ4v) is 2.95. The lowest BCUT2D eigenvalue weighted by molar-refractivity contribution is -0.143. The Morgan fingerprint density at radius 3 is 2.36 bits per heavy atom. The second-order valence-electron chi connectivity index (χ2n) is 5.73. The summed E-state index contributed by atoms with van der Waals surface area (Å²) in [6, 6.07) is 7.94. The predicted molar refractivity (Wildman–Crippen MR) is 93.6 cm³/mol. The maximum absolute atomic E-state index is 12.8. The van der Waals surface area contributed by atoms with Crippen LogP contribution in [0.15, 0.2) is 30.3 Å². The Morgan fingerprint density at radius 1 is 1.20 bits per heavy atom. The summed E-state index contributed by atoms with van der Waals surface area (Å²) in [5, 5.41) is 2.70. The van der Waals surface area contributed by atoms with Gasteiger partial charge in [0.1, 0.15) is 5.69 Å². The minimum absolute atomic E-state index is 0.0998. The Balaban J connectivity index is 2.38. The number of hydrogen-bond donors (Lipinski definition) is 2. The van der Waals surface area contributed by atoms with Crippen molar-refractivity contribution in [2.24, 2.45) is 0 Å². The lowest BCUT2D eigenvalue weighted by atomic mass is 10.0. The van der Waals surface area contributed by atoms with Crippen molar-refractivity contribution in [2.75, 3.05) is 7.11 Å². The minimum atomic E-state index is -0.923. The number of carbonyl (C=O) groups is 3. The molecule has 0 fully saturated rings. The van der Waals surface area contributed by atoms with E-state index in [2.05, 4.69) is 10.3 Å². The molecule has 2 N–H and O–H groups in total. The number of aromatic nitrogens is 1. The lowest BCUT2D eigenvalue weighted by Gasteiger charge is -2.17. The number of hydrogen-bond acceptors (Lipinski definition) is 4. The molecular formula is C19H22N2O4. The van der Waals surface area contributed by atoms with Crippen molar-refractivity contribution in [3.63, 3.8) is 0 Å². The number of aryl methyl sites for hydroxylation is 1. The minimum Gasteiger partial charge on any atom is -0.467 e. The smallest absolute Gasteiger partial charge is 0.333 e. The Kier molecular flexibility index (Phi) is 5.75. The highest BCUT2D eigenvalue weighted by Crippen LogP contribution is 2.22. The van der Waals surface area contributed by atoms with Gasteiger partial charge in [-0.1, -0.05) is 37.3 Å². The van der Waals surface area contributed by atoms with Crippen LogP contribution >= 0.6 is 0 Å². The molecule has 1 atom stereocenters. The van der Waals surface area contributed by atoms with E-state index in [-0.39, 0.29) is 5.78 Å². The Hall–Kier alpha value is -2.89. The summed E-state index contributed by atoms with van der Waals surface area (Å²) in [5.74, 6) is -1.11. The van der Waals surface area contributed by atoms with Gasteiger partial charge in [-0.25, -0.2) is 4.79 Å². The average Bonchev–Trinajstić information content (AvgIpc) is 2.96. The number of esters is 1. The first-order valence-electron chi connectivity index (χ1n) is 8.06. The number of benzene rings is 1. The Bertz CT molecular complexity index is 793. The number of ether oxygens (including phenoxy) is 1. The largest absolute Gasteiger partial charge is 0.467 e. The van der Waals surface area contributed by atoms with Gasteiger partial charge in [0.2, 0.25) is 0 Å². The number of methoxy groups -OCH3 is 1. The van der Waals surface area contributed by atoms with Gasteiger partial charge in [0, 0.05) is 11.3 Å². The van der Waals surface area contributed by atoms with E-state index in [0.29, 0.717) is 34.5 Å². The van der Waals surface area contributed by atoms with E-state index in [0.717, 1.165) is 0 Å². The third kappa shape index (κ3) is 3.79. The third-order valence-corrected chi connectivity index (χ3v) is 4.07. The molecule has 132 valence electrons. The number of Topliss-reactive ketones (excluding diaryl/α,β-unsaturated/α-hetero) is 1. The van der Waals surface area contributed by atoms with E-state index in [1.54, 1.807) is 31.2 Å². The van der Waals surface area contributed by atoms with Crippen LogP contribution in [0, 0.1) is 6.92 Å². The van der Waals surface area contributed by atoms with E-state index in [4.69, 9.17) is 4.74 Å². The van der Waals surface area contributed by atoms with Crippen LogP contribution in [0.25, 0.3) is 0 Å². The summed E-state index contributed by atoms with van der Waals surface area (Å²) in [6.45, 7) is 5.10. The molecule has 0 spiro atoms. The van der Waals surface area contributed by atoms with Crippen molar-refractivity contribution < 1.29 is 19.1 Å². The topological polar surface area (TPSA) is 88.3 Å². The molecule has 0 radical (unpaired) electrons. The first kappa shape index (κ1) is 18.4. The monoisotopic (exact) mass is 342 g/mol. The van der Waals surface area contributed by atoms with Gasteiger partial charge < -0.3 is 15.0 Å². The van der Waals surface area contributed by atoms with Gasteiger partial charge in [0.15, 0.2) is 11.8 Å². The van der Waals surface area contributed by atoms with Gasteiger partial charge in [-0.2, -0.15) is 0 Å². The van der Waals surface area contributed by atoms with Crippen molar-refractivity contribution >= 4 is 17.7 Å². The van der Waals surface area contributed by atoms with Crippen molar-refractivity contribution in [2.45, 2.75) is 33.2 Å². The highest BCUT2D eigenvalue weighted by molar-refractivity contribution is 6.03. The molecule has 0 unspecified atom stereocenters. The van der Waals surface area contributed by atoms with Crippen LogP contribution in [0.3, 0.4) is 0 Å². The first-order chi connectivity index (χ1) is 11.9. The SMILES string of the molecule is CCc1c(C(=O)N[C@H](C(=O)OC)c2ccccc2)[nH]c(C)c1C(C)=O. The van der Waals surface area contributed by atoms with Crippen LogP contribution < -0.4 is 5.32 Å². The van der Waals surface area contributed by atoms with Gasteiger partial charge >= 0.3 is 5.97 Å². The van der Waals surface area contributed by atoms with Crippen LogP contribution in [0.5, 0.6) is 0 Å². The molecule has 6 heteroatoms. The Labute approximate surface area is 146 Å². The zero-order valence-corrected chi connectivity index (χ0v) is 14.8. The first-order valence-corrected chi connectivity index (χ1v) is 8.06. The van der Waals surface area contributed by atoms with Crippen LogP contribution in [0.2, 0.25) is 0 Å². The van der Waals surface area contributed by atoms with Gasteiger partial charge in [0.05, 0.1) is 7.11 Å². The van der Waals surface area contributed by atoms with E-state index in [9.17, 15) is 14.4 Å². The number of nitrogens with one attached hydrogen (secondary N) is 2. The van der Waals surface area contributed by atoms with Crippen LogP contribution in [0.1, 0.15) is 57.6 Å². The van der Waals surface area contributed by atoms with Crippen LogP contribution in [-0.2, 0) is 16.0 Å². The van der Waals surface area contributed by atoms with Crippen molar-refractivity contribution in [1.29, 1.82) is 0 Å². The Morgan fingerprint density at radius 2 is 1.84 bits per heavy atom. The van der Waals surface area contributed by atoms with E-state index in [1.807, 2.05) is 13.0 Å². The molecular weight excluding hydrogens is 320 g/mol. The fraction of sp³-hybridized carbons (Fsp3) is 0.316. The highest BCUT2D eigenvalue weighted by atomic mass is 16.5. The molecule has 1 aromatic carbocycles. The van der Waals surface area contributed by atoms with Gasteiger partial charge in [0.25, 0.3) is 5.91 Å². The van der Waals surface area contributed by atoms with Crippen LogP contribution in [-0.4, -0.2) is 29.8 Å². The van der Waals surface area contributed by atoms with E-state index in [1.165, 1.54) is 14.0 Å². The summed E-state index contributed by atoms with van der Waals surface area (Å²) in [6.07, 6.45) is 0.524. The maximum atomic E-state index is 12.8. The van der Waals surface area contributed by atoms with Gasteiger partial charge in [-0.05, 0) is 31.4 Å². The number of rotatable bonds is 6. The van der Waals surface area contributed by atoms with Crippen molar-refractivity contribution in [3.05, 3.63) is 58.4 Å². The van der Waals surface area contributed by atoms with Crippen LogP contribution in [0.4, 0.5) is 0 Å². The summed E-state index contributed by atoms with van der Waals surface area (Å²) in [5.41, 5.74) is 2.75. The summed E-state index contributed by atoms with van der Waals surface area (Å²) in [4.78, 5) is 39.7. The molecule has 1 aromatic heterocycles. The number of amides is 1. The summed E-state index contributed by atoms with van der Waals surface area (Å²) < 4.78 is 4.81. The fourth-order valence-electron chi connectivity index (χ4n) is 2.95. The molecule has 6 nitrogen and oxygen atoms in total. The molecule has 0 bridgehead atoms. The zero-order valence-electron chi connectivity index (χ0n) is 14.8. The maximum Gasteiger partial charge on any atom is 0.333 e. The van der Waals surface area contributed by atoms with E-state index >= 15 is 0 Å². The number of carbonyl (C=O) groups excluding carboxylic acids is 3. The lowest BCUT2D eigenvalue weighted by Crippen LogP contribution is -2.35. The molecule has 0 aliphatic heterocycles. The second-order valence-corrected chi connectivity index (χ2v) is 5.73. The molecule has 0 aliphatic carbocycles. The number of aromatic amines is 1. The van der Waals surface area contributed by atoms with E-state index < -0.39 is 17.9 Å². The molecule has 0 saturated carbocycles. The highest BCUT2D eigenvalue weighted by Gasteiger charge is 2.27. The van der Waals surface area contributed by atoms with Gasteiger partial charge in [-0.3, -0.25) is 9.59 Å². The molecule has 25 heavy (non-hydrogen) atoms. The van der Waals surface area contributed by atoms with Crippen molar-refractivity contribution in [1.82, 2.24) is 10.3 Å². The second kappa shape index (κ2) is 7.79. The quantitative estimate of drug-likeness (QED) is 0.624.